The number of carbonyl (C=O) groups is 2. The molecule has 8 heteroatoms. The first-order chi connectivity index (χ1) is 15.0. The molecular formula is C23H27N5O2S. The molecule has 0 unspecified atom stereocenters. The highest BCUT2D eigenvalue weighted by Gasteiger charge is 2.64. The quantitative estimate of drug-likeness (QED) is 0.546. The molecule has 1 aromatic heterocycles. The van der Waals surface area contributed by atoms with Crippen LogP contribution in [0.15, 0.2) is 30.3 Å². The Morgan fingerprint density at radius 1 is 1.10 bits per heavy atom. The number of fused-ring (bicyclic) bond motifs is 4. The van der Waals surface area contributed by atoms with Crippen LogP contribution in [0, 0.1) is 12.3 Å². The number of para-hydroxylation sites is 1. The van der Waals surface area contributed by atoms with Gasteiger partial charge in [0.25, 0.3) is 0 Å². The summed E-state index contributed by atoms with van der Waals surface area (Å²) in [6.45, 7) is 7.54. The summed E-state index contributed by atoms with van der Waals surface area (Å²) in [5.41, 5.74) is 1.70. The van der Waals surface area contributed by atoms with Crippen LogP contribution in [0.25, 0.3) is 5.69 Å². The molecule has 0 aliphatic carbocycles. The second-order valence-electron chi connectivity index (χ2n) is 8.52. The lowest BCUT2D eigenvalue weighted by molar-refractivity contribution is -0.158. The minimum absolute atomic E-state index is 0.149. The van der Waals surface area contributed by atoms with Gasteiger partial charge in [-0.2, -0.15) is 5.10 Å². The van der Waals surface area contributed by atoms with E-state index >= 15 is 0 Å². The zero-order chi connectivity index (χ0) is 21.9. The Bertz CT molecular complexity index is 1050. The van der Waals surface area contributed by atoms with Crippen LogP contribution in [0.5, 0.6) is 0 Å². The third-order valence-electron chi connectivity index (χ3n) is 7.06. The molecule has 4 heterocycles. The van der Waals surface area contributed by atoms with Crippen molar-refractivity contribution in [1.29, 1.82) is 0 Å². The number of hydrogen-bond acceptors (Lipinski definition) is 5. The number of anilines is 1. The number of amides is 2. The van der Waals surface area contributed by atoms with E-state index in [0.717, 1.165) is 42.1 Å². The van der Waals surface area contributed by atoms with Crippen LogP contribution in [0.1, 0.15) is 37.9 Å². The Hall–Kier alpha value is -2.74. The van der Waals surface area contributed by atoms with E-state index in [1.807, 2.05) is 55.8 Å². The Morgan fingerprint density at radius 2 is 1.74 bits per heavy atom. The van der Waals surface area contributed by atoms with Gasteiger partial charge >= 0.3 is 0 Å². The van der Waals surface area contributed by atoms with Gasteiger partial charge in [0.1, 0.15) is 5.82 Å². The fraction of sp³-hybridized carbons (Fsp3) is 0.478. The van der Waals surface area contributed by atoms with Crippen LogP contribution >= 0.6 is 12.2 Å². The summed E-state index contributed by atoms with van der Waals surface area (Å²) in [5.74, 6) is 0.727. The summed E-state index contributed by atoms with van der Waals surface area (Å²) in [6, 6.07) is 9.87. The van der Waals surface area contributed by atoms with E-state index in [1.165, 1.54) is 0 Å². The Morgan fingerprint density at radius 3 is 2.35 bits per heavy atom. The zero-order valence-corrected chi connectivity index (χ0v) is 19.0. The topological polar surface area (TPSA) is 61.7 Å². The first-order valence-corrected chi connectivity index (χ1v) is 11.4. The molecule has 1 spiro atoms. The second kappa shape index (κ2) is 7.15. The molecule has 2 saturated heterocycles. The number of nitrogens with zero attached hydrogens (tertiary/aromatic N) is 5. The van der Waals surface area contributed by atoms with Gasteiger partial charge in [0.05, 0.1) is 17.4 Å². The molecule has 162 valence electrons. The summed E-state index contributed by atoms with van der Waals surface area (Å²) >= 11 is 5.53. The fourth-order valence-electron chi connectivity index (χ4n) is 5.61. The van der Waals surface area contributed by atoms with Crippen molar-refractivity contribution in [2.45, 2.75) is 46.1 Å². The maximum absolute atomic E-state index is 13.9. The lowest BCUT2D eigenvalue weighted by atomic mass is 9.68. The number of hydrogen-bond donors (Lipinski definition) is 0. The summed E-state index contributed by atoms with van der Waals surface area (Å²) < 4.78 is 1.98. The zero-order valence-electron chi connectivity index (χ0n) is 18.2. The minimum atomic E-state index is -1.15. The number of aryl methyl sites for hydroxylation is 1. The van der Waals surface area contributed by atoms with E-state index in [2.05, 4.69) is 4.90 Å². The molecule has 31 heavy (non-hydrogen) atoms. The number of benzene rings is 1. The van der Waals surface area contributed by atoms with Crippen molar-refractivity contribution in [3.63, 3.8) is 0 Å². The van der Waals surface area contributed by atoms with Crippen molar-refractivity contribution >= 4 is 35.0 Å². The number of carbonyl (C=O) groups excluding carboxylic acids is 2. The monoisotopic (exact) mass is 437 g/mol. The van der Waals surface area contributed by atoms with Crippen LogP contribution in [0.4, 0.5) is 5.82 Å². The smallest absolute Gasteiger partial charge is 0.246 e. The third-order valence-corrected chi connectivity index (χ3v) is 7.50. The molecular weight excluding hydrogens is 410 g/mol. The number of rotatable bonds is 3. The van der Waals surface area contributed by atoms with Gasteiger partial charge in [0.2, 0.25) is 11.8 Å². The normalized spacial score (nSPS) is 22.4. The lowest BCUT2D eigenvalue weighted by Gasteiger charge is -2.52. The molecule has 2 amide bonds. The lowest BCUT2D eigenvalue weighted by Crippen LogP contribution is -2.71. The average molecular weight is 438 g/mol. The van der Waals surface area contributed by atoms with Crippen LogP contribution in [-0.2, 0) is 16.0 Å². The third kappa shape index (κ3) is 2.57. The Labute approximate surface area is 187 Å². The highest BCUT2D eigenvalue weighted by Crippen LogP contribution is 2.50. The van der Waals surface area contributed by atoms with Crippen molar-refractivity contribution < 1.29 is 9.59 Å². The molecule has 2 aromatic rings. The predicted molar refractivity (Wildman–Crippen MR) is 122 cm³/mol. The van der Waals surface area contributed by atoms with Crippen molar-refractivity contribution in [1.82, 2.24) is 19.6 Å². The molecule has 0 bridgehead atoms. The predicted octanol–water partition coefficient (Wildman–Crippen LogP) is 2.69. The average Bonchev–Trinajstić information content (AvgIpc) is 3.39. The van der Waals surface area contributed by atoms with Gasteiger partial charge in [-0.15, -0.1) is 0 Å². The van der Waals surface area contributed by atoms with Gasteiger partial charge in [-0.25, -0.2) is 4.68 Å². The van der Waals surface area contributed by atoms with Crippen molar-refractivity contribution in [2.24, 2.45) is 5.41 Å². The minimum Gasteiger partial charge on any atom is -0.352 e. The van der Waals surface area contributed by atoms with E-state index in [0.29, 0.717) is 24.6 Å². The second-order valence-corrected chi connectivity index (χ2v) is 8.88. The van der Waals surface area contributed by atoms with Crippen molar-refractivity contribution in [3.05, 3.63) is 41.6 Å². The van der Waals surface area contributed by atoms with Crippen LogP contribution in [0.3, 0.4) is 0 Å². The highest BCUT2D eigenvalue weighted by molar-refractivity contribution is 7.80. The maximum atomic E-state index is 13.9. The molecule has 2 fully saturated rings. The van der Waals surface area contributed by atoms with E-state index in [4.69, 9.17) is 17.3 Å². The van der Waals surface area contributed by atoms with Crippen LogP contribution in [-0.4, -0.2) is 62.2 Å². The molecule has 0 saturated carbocycles. The SMILES string of the molecule is CCN1C(=O)C2(Cc3c(C)nn(-c4ccccc4)c3N3CCC[C@H]32)C(=O)N(CC)C1=S. The molecule has 0 radical (unpaired) electrons. The summed E-state index contributed by atoms with van der Waals surface area (Å²) in [5, 5.41) is 5.17. The van der Waals surface area contributed by atoms with E-state index in [1.54, 1.807) is 9.80 Å². The first-order valence-electron chi connectivity index (χ1n) is 11.0. The molecule has 1 atom stereocenters. The van der Waals surface area contributed by atoms with Gasteiger partial charge in [0, 0.05) is 31.6 Å². The summed E-state index contributed by atoms with van der Waals surface area (Å²) in [6.07, 6.45) is 2.11. The number of thiocarbonyl (C=S) groups is 1. The molecule has 3 aliphatic heterocycles. The van der Waals surface area contributed by atoms with Crippen LogP contribution < -0.4 is 4.90 Å². The standard InChI is InChI=1S/C23H27N5O2S/c1-4-25-20(29)23(21(30)26(5-2)22(25)31)14-17-15(3)24-28(16-10-7-6-8-11-16)19(17)27-13-9-12-18(23)27/h6-8,10-11,18H,4-5,9,12-14H2,1-3H3/t18-/m0/s1. The van der Waals surface area contributed by atoms with E-state index < -0.39 is 5.41 Å². The first kappa shape index (κ1) is 20.2. The van der Waals surface area contributed by atoms with Crippen molar-refractivity contribution in [2.75, 3.05) is 24.5 Å². The summed E-state index contributed by atoms with van der Waals surface area (Å²) in [4.78, 5) is 33.3. The fourth-order valence-corrected chi connectivity index (χ4v) is 6.04. The molecule has 0 N–H and O–H groups in total. The van der Waals surface area contributed by atoms with Crippen LogP contribution in [0.2, 0.25) is 0 Å². The van der Waals surface area contributed by atoms with Gasteiger partial charge in [-0.1, -0.05) is 18.2 Å². The molecule has 3 aliphatic rings. The van der Waals surface area contributed by atoms with Crippen molar-refractivity contribution in [3.8, 4) is 5.69 Å². The number of aromatic nitrogens is 2. The maximum Gasteiger partial charge on any atom is 0.246 e. The largest absolute Gasteiger partial charge is 0.352 e. The van der Waals surface area contributed by atoms with E-state index in [9.17, 15) is 9.59 Å². The molecule has 1 aromatic carbocycles. The molecule has 7 nitrogen and oxygen atoms in total. The summed E-state index contributed by atoms with van der Waals surface area (Å²) in [7, 11) is 0. The highest BCUT2D eigenvalue weighted by atomic mass is 32.1. The van der Waals surface area contributed by atoms with Gasteiger partial charge in [-0.05, 0) is 58.0 Å². The molecule has 5 rings (SSSR count). The van der Waals surface area contributed by atoms with E-state index in [-0.39, 0.29) is 17.9 Å². The Balaban J connectivity index is 1.71. The van der Waals surface area contributed by atoms with Gasteiger partial charge in [0.15, 0.2) is 10.5 Å². The van der Waals surface area contributed by atoms with Gasteiger partial charge in [-0.3, -0.25) is 19.4 Å². The Kier molecular flexibility index (Phi) is 4.66. The van der Waals surface area contributed by atoms with Gasteiger partial charge < -0.3 is 4.90 Å².